The van der Waals surface area contributed by atoms with Gasteiger partial charge < -0.3 is 14.7 Å². The molecule has 2 fully saturated rings. The Morgan fingerprint density at radius 3 is 2.65 bits per heavy atom. The van der Waals surface area contributed by atoms with Crippen molar-refractivity contribution in [3.63, 3.8) is 0 Å². The Labute approximate surface area is 182 Å². The van der Waals surface area contributed by atoms with Gasteiger partial charge in [-0.25, -0.2) is 0 Å². The number of rotatable bonds is 5. The monoisotopic (exact) mass is 421 g/mol. The molecule has 2 saturated heterocycles. The minimum absolute atomic E-state index is 0.119. The molecule has 2 aliphatic heterocycles. The first-order valence-corrected chi connectivity index (χ1v) is 10.5. The molecule has 1 unspecified atom stereocenters. The molecule has 1 N–H and O–H groups in total. The number of ketones is 1. The van der Waals surface area contributed by atoms with Crippen LogP contribution in [0.1, 0.15) is 28.3 Å². The first-order valence-electron chi connectivity index (χ1n) is 10.5. The van der Waals surface area contributed by atoms with Crippen molar-refractivity contribution in [1.82, 2.24) is 14.8 Å². The van der Waals surface area contributed by atoms with Crippen molar-refractivity contribution in [2.75, 3.05) is 39.4 Å². The second-order valence-corrected chi connectivity index (χ2v) is 8.05. The number of hydrogen-bond donors (Lipinski definition) is 1. The fraction of sp³-hybridized carbons (Fsp3) is 0.375. The summed E-state index contributed by atoms with van der Waals surface area (Å²) in [5.41, 5.74) is 3.20. The SMILES string of the molecule is Cc1ccc(C)c(/C(O)=C2/C(=O)C(=O)N(CCN3CCOCC3)C2c2cccnc2)c1. The standard InChI is InChI=1S/C24H27N3O4/c1-16-5-6-17(2)19(14-16)22(28)20-21(18-4-3-7-25-15-18)27(24(30)23(20)29)9-8-26-10-12-31-13-11-26/h3-7,14-15,21,28H,8-13H2,1-2H3/b22-20-. The number of nitrogens with zero attached hydrogens (tertiary/aromatic N) is 3. The quantitative estimate of drug-likeness (QED) is 0.454. The van der Waals surface area contributed by atoms with E-state index in [-0.39, 0.29) is 11.3 Å². The van der Waals surface area contributed by atoms with Crippen molar-refractivity contribution in [2.24, 2.45) is 0 Å². The third-order valence-corrected chi connectivity index (χ3v) is 5.95. The molecule has 1 aromatic heterocycles. The maximum Gasteiger partial charge on any atom is 0.295 e. The van der Waals surface area contributed by atoms with Gasteiger partial charge >= 0.3 is 0 Å². The fourth-order valence-electron chi connectivity index (χ4n) is 4.20. The Morgan fingerprint density at radius 1 is 1.16 bits per heavy atom. The van der Waals surface area contributed by atoms with Crippen molar-refractivity contribution in [1.29, 1.82) is 0 Å². The third kappa shape index (κ3) is 4.24. The van der Waals surface area contributed by atoms with E-state index in [0.717, 1.165) is 24.2 Å². The Balaban J connectivity index is 1.75. The van der Waals surface area contributed by atoms with E-state index < -0.39 is 17.7 Å². The topological polar surface area (TPSA) is 83.0 Å². The number of carbonyl (C=O) groups is 2. The van der Waals surface area contributed by atoms with Crippen molar-refractivity contribution in [2.45, 2.75) is 19.9 Å². The van der Waals surface area contributed by atoms with Crippen LogP contribution in [0.15, 0.2) is 48.3 Å². The van der Waals surface area contributed by atoms with Crippen molar-refractivity contribution in [3.8, 4) is 0 Å². The van der Waals surface area contributed by atoms with Gasteiger partial charge in [0.1, 0.15) is 5.76 Å². The first-order chi connectivity index (χ1) is 15.0. The smallest absolute Gasteiger partial charge is 0.295 e. The van der Waals surface area contributed by atoms with E-state index >= 15 is 0 Å². The highest BCUT2D eigenvalue weighted by Gasteiger charge is 2.46. The van der Waals surface area contributed by atoms with Crippen LogP contribution in [0.3, 0.4) is 0 Å². The summed E-state index contributed by atoms with van der Waals surface area (Å²) in [6.45, 7) is 7.74. The third-order valence-electron chi connectivity index (χ3n) is 5.95. The maximum absolute atomic E-state index is 13.1. The summed E-state index contributed by atoms with van der Waals surface area (Å²) < 4.78 is 5.39. The molecule has 2 aromatic rings. The lowest BCUT2D eigenvalue weighted by Gasteiger charge is -2.30. The largest absolute Gasteiger partial charge is 0.507 e. The Kier molecular flexibility index (Phi) is 6.15. The molecule has 0 bridgehead atoms. The summed E-state index contributed by atoms with van der Waals surface area (Å²) in [5, 5.41) is 11.2. The van der Waals surface area contributed by atoms with Crippen molar-refractivity contribution >= 4 is 17.4 Å². The maximum atomic E-state index is 13.1. The van der Waals surface area contributed by atoms with E-state index in [9.17, 15) is 14.7 Å². The zero-order valence-corrected chi connectivity index (χ0v) is 17.9. The molecule has 7 nitrogen and oxygen atoms in total. The molecular formula is C24H27N3O4. The number of likely N-dealkylation sites (tertiary alicyclic amines) is 1. The normalized spacial score (nSPS) is 21.6. The molecule has 0 radical (unpaired) electrons. The number of aromatic nitrogens is 1. The van der Waals surface area contributed by atoms with Gasteiger partial charge in [-0.1, -0.05) is 23.8 Å². The number of carbonyl (C=O) groups excluding carboxylic acids is 2. The van der Waals surface area contributed by atoms with Crippen LogP contribution in [0.25, 0.3) is 5.76 Å². The number of amides is 1. The summed E-state index contributed by atoms with van der Waals surface area (Å²) >= 11 is 0. The number of aliphatic hydroxyl groups excluding tert-OH is 1. The lowest BCUT2D eigenvalue weighted by Crippen LogP contribution is -2.42. The average molecular weight is 421 g/mol. The minimum atomic E-state index is -0.672. The highest BCUT2D eigenvalue weighted by molar-refractivity contribution is 6.46. The fourth-order valence-corrected chi connectivity index (χ4v) is 4.20. The summed E-state index contributed by atoms with van der Waals surface area (Å²) in [6.07, 6.45) is 3.29. The molecular weight excluding hydrogens is 394 g/mol. The van der Waals surface area contributed by atoms with Gasteiger partial charge in [0.25, 0.3) is 11.7 Å². The van der Waals surface area contributed by atoms with E-state index in [1.807, 2.05) is 38.1 Å². The number of pyridine rings is 1. The molecule has 31 heavy (non-hydrogen) atoms. The molecule has 162 valence electrons. The van der Waals surface area contributed by atoms with E-state index in [0.29, 0.717) is 37.4 Å². The summed E-state index contributed by atoms with van der Waals surface area (Å²) in [5.74, 6) is -1.38. The molecule has 1 atom stereocenters. The number of hydrogen-bond acceptors (Lipinski definition) is 6. The first kappa shape index (κ1) is 21.2. The summed E-state index contributed by atoms with van der Waals surface area (Å²) in [7, 11) is 0. The molecule has 1 aromatic carbocycles. The minimum Gasteiger partial charge on any atom is -0.507 e. The molecule has 0 spiro atoms. The van der Waals surface area contributed by atoms with Crippen LogP contribution in [0.5, 0.6) is 0 Å². The van der Waals surface area contributed by atoms with Gasteiger partial charge in [0.05, 0.1) is 24.8 Å². The molecule has 0 aliphatic carbocycles. The zero-order valence-electron chi connectivity index (χ0n) is 17.9. The number of morpholine rings is 1. The Morgan fingerprint density at radius 2 is 1.94 bits per heavy atom. The van der Waals surface area contributed by atoms with Gasteiger partial charge in [0, 0.05) is 44.1 Å². The van der Waals surface area contributed by atoms with Gasteiger partial charge in [0.15, 0.2) is 0 Å². The van der Waals surface area contributed by atoms with Crippen LogP contribution in [0.4, 0.5) is 0 Å². The number of aryl methyl sites for hydroxylation is 2. The lowest BCUT2D eigenvalue weighted by atomic mass is 9.94. The second kappa shape index (κ2) is 8.99. The number of ether oxygens (including phenoxy) is 1. The summed E-state index contributed by atoms with van der Waals surface area (Å²) in [6, 6.07) is 8.63. The highest BCUT2D eigenvalue weighted by Crippen LogP contribution is 2.39. The van der Waals surface area contributed by atoms with E-state index in [2.05, 4.69) is 9.88 Å². The molecule has 0 saturated carbocycles. The molecule has 7 heteroatoms. The van der Waals surface area contributed by atoms with Crippen LogP contribution in [0.2, 0.25) is 0 Å². The predicted molar refractivity (Wildman–Crippen MR) is 116 cm³/mol. The van der Waals surface area contributed by atoms with Crippen LogP contribution < -0.4 is 0 Å². The summed E-state index contributed by atoms with van der Waals surface area (Å²) in [4.78, 5) is 34.1. The van der Waals surface area contributed by atoms with Crippen molar-refractivity contribution in [3.05, 3.63) is 70.6 Å². The van der Waals surface area contributed by atoms with Gasteiger partial charge in [-0.2, -0.15) is 0 Å². The second-order valence-electron chi connectivity index (χ2n) is 8.05. The molecule has 1 amide bonds. The molecule has 4 rings (SSSR count). The van der Waals surface area contributed by atoms with Gasteiger partial charge in [-0.15, -0.1) is 0 Å². The van der Waals surface area contributed by atoms with Gasteiger partial charge in [0.2, 0.25) is 0 Å². The van der Waals surface area contributed by atoms with Crippen LogP contribution in [-0.2, 0) is 14.3 Å². The predicted octanol–water partition coefficient (Wildman–Crippen LogP) is 2.45. The Hall–Kier alpha value is -3.03. The van der Waals surface area contributed by atoms with E-state index in [1.165, 1.54) is 0 Å². The van der Waals surface area contributed by atoms with Crippen LogP contribution >= 0.6 is 0 Å². The van der Waals surface area contributed by atoms with Crippen LogP contribution in [-0.4, -0.2) is 71.0 Å². The van der Waals surface area contributed by atoms with Gasteiger partial charge in [-0.3, -0.25) is 19.5 Å². The highest BCUT2D eigenvalue weighted by atomic mass is 16.5. The average Bonchev–Trinajstić information content (AvgIpc) is 3.05. The van der Waals surface area contributed by atoms with Crippen LogP contribution in [0, 0.1) is 13.8 Å². The van der Waals surface area contributed by atoms with Crippen molar-refractivity contribution < 1.29 is 19.4 Å². The zero-order chi connectivity index (χ0) is 22.0. The number of Topliss-reactive ketones (excluding diaryl/α,β-unsaturated/α-hetero) is 1. The number of aliphatic hydroxyl groups is 1. The van der Waals surface area contributed by atoms with E-state index in [4.69, 9.17) is 4.74 Å². The Bertz CT molecular complexity index is 1010. The molecule has 2 aliphatic rings. The lowest BCUT2D eigenvalue weighted by molar-refractivity contribution is -0.140. The molecule has 3 heterocycles. The van der Waals surface area contributed by atoms with Gasteiger partial charge in [-0.05, 0) is 37.1 Å². The van der Waals surface area contributed by atoms with E-state index in [1.54, 1.807) is 23.4 Å². The number of benzene rings is 1.